The smallest absolute Gasteiger partial charge is 0.0827 e. The Labute approximate surface area is 125 Å². The molecular weight excluding hydrogens is 276 g/mol. The maximum absolute atomic E-state index is 10.3. The molecule has 0 bridgehead atoms. The van der Waals surface area contributed by atoms with E-state index in [1.54, 1.807) is 0 Å². The Morgan fingerprint density at radius 3 is 2.45 bits per heavy atom. The normalized spacial score (nSPS) is 23.1. The lowest BCUT2D eigenvalue weighted by molar-refractivity contribution is -0.249. The fraction of sp³-hybridized carbons (Fsp3) is 0.857. The molecule has 0 amide bonds. The second-order valence-electron chi connectivity index (χ2n) is 6.98. The zero-order valence-electron chi connectivity index (χ0n) is 12.8. The van der Waals surface area contributed by atoms with Crippen LogP contribution in [0.2, 0.25) is 0 Å². The molecule has 5 nitrogen and oxygen atoms in total. The molecule has 1 aliphatic rings. The Hall–Kier alpha value is -0.650. The predicted molar refractivity (Wildman–Crippen MR) is 79.1 cm³/mol. The van der Waals surface area contributed by atoms with Crippen LogP contribution in [0.4, 0.5) is 0 Å². The zero-order chi connectivity index (χ0) is 15.0. The van der Waals surface area contributed by atoms with Crippen molar-refractivity contribution in [1.82, 2.24) is 20.1 Å². The summed E-state index contributed by atoms with van der Waals surface area (Å²) in [7, 11) is 0. The van der Waals surface area contributed by atoms with E-state index in [-0.39, 0.29) is 17.1 Å². The highest BCUT2D eigenvalue weighted by molar-refractivity contribution is 6.17. The predicted octanol–water partition coefficient (Wildman–Crippen LogP) is 3.03. The van der Waals surface area contributed by atoms with Gasteiger partial charge in [0.05, 0.1) is 11.7 Å². The first-order valence-corrected chi connectivity index (χ1v) is 7.75. The minimum absolute atomic E-state index is 0.264. The Balaban J connectivity index is 2.14. The van der Waals surface area contributed by atoms with E-state index in [4.69, 9.17) is 11.6 Å². The van der Waals surface area contributed by atoms with Crippen LogP contribution in [0.5, 0.6) is 0 Å². The van der Waals surface area contributed by atoms with E-state index in [9.17, 15) is 5.21 Å². The van der Waals surface area contributed by atoms with Gasteiger partial charge in [-0.25, -0.2) is 4.68 Å². The van der Waals surface area contributed by atoms with Gasteiger partial charge in [-0.3, -0.25) is 0 Å². The third-order valence-electron chi connectivity index (χ3n) is 4.12. The first kappa shape index (κ1) is 15.7. The summed E-state index contributed by atoms with van der Waals surface area (Å²) in [4.78, 5) is 0. The minimum atomic E-state index is -0.269. The summed E-state index contributed by atoms with van der Waals surface area (Å²) >= 11 is 5.71. The molecule has 1 aromatic heterocycles. The van der Waals surface area contributed by atoms with Crippen molar-refractivity contribution in [1.29, 1.82) is 0 Å². The summed E-state index contributed by atoms with van der Waals surface area (Å²) in [6, 6.07) is 0.264. The van der Waals surface area contributed by atoms with Gasteiger partial charge in [0.1, 0.15) is 0 Å². The van der Waals surface area contributed by atoms with Crippen molar-refractivity contribution < 1.29 is 5.21 Å². The molecule has 0 aromatic carbocycles. The molecule has 2 rings (SSSR count). The first-order valence-electron chi connectivity index (χ1n) is 7.22. The van der Waals surface area contributed by atoms with Crippen molar-refractivity contribution in [3.63, 3.8) is 0 Å². The zero-order valence-corrected chi connectivity index (χ0v) is 13.6. The molecule has 1 saturated heterocycles. The van der Waals surface area contributed by atoms with E-state index in [2.05, 4.69) is 38.0 Å². The fourth-order valence-corrected chi connectivity index (χ4v) is 3.39. The lowest BCUT2D eigenvalue weighted by Gasteiger charge is -2.51. The van der Waals surface area contributed by atoms with Gasteiger partial charge < -0.3 is 5.21 Å². The van der Waals surface area contributed by atoms with Crippen molar-refractivity contribution >= 4 is 11.6 Å². The number of hydrogen-bond donors (Lipinski definition) is 1. The van der Waals surface area contributed by atoms with Crippen LogP contribution in [0.25, 0.3) is 0 Å². The number of halogens is 1. The summed E-state index contributed by atoms with van der Waals surface area (Å²) < 4.78 is 1.96. The highest BCUT2D eigenvalue weighted by Crippen LogP contribution is 2.41. The Morgan fingerprint density at radius 2 is 1.90 bits per heavy atom. The first-order chi connectivity index (χ1) is 9.26. The van der Waals surface area contributed by atoms with Gasteiger partial charge >= 0.3 is 0 Å². The molecular formula is C14H25ClN4O. The van der Waals surface area contributed by atoms with Crippen molar-refractivity contribution in [2.45, 2.75) is 70.5 Å². The van der Waals surface area contributed by atoms with Gasteiger partial charge in [0.2, 0.25) is 0 Å². The Morgan fingerprint density at radius 1 is 1.30 bits per heavy atom. The highest BCUT2D eigenvalue weighted by atomic mass is 35.5. The lowest BCUT2D eigenvalue weighted by Crippen LogP contribution is -2.59. The van der Waals surface area contributed by atoms with E-state index in [1.165, 1.54) is 5.06 Å². The topological polar surface area (TPSA) is 54.2 Å². The average Bonchev–Trinajstić information content (AvgIpc) is 2.81. The quantitative estimate of drug-likeness (QED) is 0.869. The Kier molecular flexibility index (Phi) is 4.42. The van der Waals surface area contributed by atoms with Crippen molar-refractivity contribution in [3.05, 3.63) is 11.9 Å². The largest absolute Gasteiger partial charge is 0.313 e. The van der Waals surface area contributed by atoms with Crippen molar-refractivity contribution in [3.8, 4) is 0 Å². The molecule has 1 aromatic rings. The van der Waals surface area contributed by atoms with Crippen LogP contribution in [-0.2, 0) is 6.42 Å². The standard InChI is InChI=1S/C14H25ClN4O/c1-13(2)8-12(9-14(3,4)19(13)20)18-10-11(16-17-18)6-5-7-15/h10,12,20H,5-9H2,1-4H3. The van der Waals surface area contributed by atoms with E-state index < -0.39 is 0 Å². The molecule has 1 N–H and O–H groups in total. The molecule has 20 heavy (non-hydrogen) atoms. The number of alkyl halides is 1. The van der Waals surface area contributed by atoms with Crippen LogP contribution in [0.1, 0.15) is 58.7 Å². The van der Waals surface area contributed by atoms with Gasteiger partial charge in [0.15, 0.2) is 0 Å². The molecule has 0 unspecified atom stereocenters. The van der Waals surface area contributed by atoms with Crippen LogP contribution in [0, 0.1) is 0 Å². The molecule has 1 fully saturated rings. The number of rotatable bonds is 4. The number of piperidine rings is 1. The number of nitrogens with zero attached hydrogens (tertiary/aromatic N) is 4. The minimum Gasteiger partial charge on any atom is -0.313 e. The van der Waals surface area contributed by atoms with Crippen LogP contribution < -0.4 is 0 Å². The molecule has 2 heterocycles. The van der Waals surface area contributed by atoms with Crippen LogP contribution >= 0.6 is 11.6 Å². The molecule has 0 atom stereocenters. The molecule has 0 aliphatic carbocycles. The summed E-state index contributed by atoms with van der Waals surface area (Å²) in [5, 5.41) is 20.3. The summed E-state index contributed by atoms with van der Waals surface area (Å²) in [5.74, 6) is 0.649. The SMILES string of the molecule is CC1(C)CC(n2cc(CCCCl)nn2)CC(C)(C)N1O. The number of aromatic nitrogens is 3. The third-order valence-corrected chi connectivity index (χ3v) is 4.38. The molecule has 0 radical (unpaired) electrons. The van der Waals surface area contributed by atoms with Crippen molar-refractivity contribution in [2.24, 2.45) is 0 Å². The van der Waals surface area contributed by atoms with E-state index in [1.807, 2.05) is 10.9 Å². The Bertz CT molecular complexity index is 440. The number of hydrogen-bond acceptors (Lipinski definition) is 4. The molecule has 1 aliphatic heterocycles. The van der Waals surface area contributed by atoms with E-state index in [0.717, 1.165) is 31.4 Å². The summed E-state index contributed by atoms with van der Waals surface area (Å²) in [6.45, 7) is 8.25. The fourth-order valence-electron chi connectivity index (χ4n) is 3.26. The highest BCUT2D eigenvalue weighted by Gasteiger charge is 2.45. The van der Waals surface area contributed by atoms with Gasteiger partial charge in [-0.05, 0) is 53.4 Å². The second-order valence-corrected chi connectivity index (χ2v) is 7.36. The van der Waals surface area contributed by atoms with Crippen LogP contribution in [0.3, 0.4) is 0 Å². The number of aryl methyl sites for hydroxylation is 1. The summed E-state index contributed by atoms with van der Waals surface area (Å²) in [5.41, 5.74) is 0.455. The van der Waals surface area contributed by atoms with Crippen LogP contribution in [-0.4, -0.2) is 42.2 Å². The van der Waals surface area contributed by atoms with Gasteiger partial charge in [-0.2, -0.15) is 5.06 Å². The van der Waals surface area contributed by atoms with Gasteiger partial charge in [-0.1, -0.05) is 5.21 Å². The van der Waals surface area contributed by atoms with E-state index >= 15 is 0 Å². The van der Waals surface area contributed by atoms with E-state index in [0.29, 0.717) is 5.88 Å². The average molecular weight is 301 g/mol. The maximum Gasteiger partial charge on any atom is 0.0827 e. The molecule has 114 valence electrons. The molecule has 0 spiro atoms. The molecule has 6 heteroatoms. The van der Waals surface area contributed by atoms with Gasteiger partial charge in [-0.15, -0.1) is 16.7 Å². The maximum atomic E-state index is 10.3. The number of hydroxylamine groups is 2. The van der Waals surface area contributed by atoms with Gasteiger partial charge in [0, 0.05) is 23.2 Å². The lowest BCUT2D eigenvalue weighted by atomic mass is 9.79. The second kappa shape index (κ2) is 5.62. The third kappa shape index (κ3) is 3.15. The van der Waals surface area contributed by atoms with Gasteiger partial charge in [0.25, 0.3) is 0 Å². The monoisotopic (exact) mass is 300 g/mol. The summed E-state index contributed by atoms with van der Waals surface area (Å²) in [6.07, 6.45) is 5.52. The van der Waals surface area contributed by atoms with Crippen molar-refractivity contribution in [2.75, 3.05) is 5.88 Å². The van der Waals surface area contributed by atoms with Crippen LogP contribution in [0.15, 0.2) is 6.20 Å². The molecule has 0 saturated carbocycles.